The lowest BCUT2D eigenvalue weighted by Gasteiger charge is -2.22. The van der Waals surface area contributed by atoms with E-state index in [1.807, 2.05) is 0 Å². The maximum atomic E-state index is 4.82. The predicted molar refractivity (Wildman–Crippen MR) is 86.2 cm³/mol. The fraction of sp³-hybridized carbons (Fsp3) is 0.706. The summed E-state index contributed by atoms with van der Waals surface area (Å²) in [6, 6.07) is 4.45. The fourth-order valence-corrected chi connectivity index (χ4v) is 2.73. The smallest absolute Gasteiger partial charge is 0.128 e. The number of aromatic nitrogens is 1. The van der Waals surface area contributed by atoms with E-state index in [4.69, 9.17) is 4.98 Å². The van der Waals surface area contributed by atoms with Crippen molar-refractivity contribution in [2.75, 3.05) is 24.5 Å². The van der Waals surface area contributed by atoms with Gasteiger partial charge in [-0.15, -0.1) is 0 Å². The van der Waals surface area contributed by atoms with Gasteiger partial charge in [-0.1, -0.05) is 32.8 Å². The molecule has 3 nitrogen and oxygen atoms in total. The molecule has 2 rings (SSSR count). The summed E-state index contributed by atoms with van der Waals surface area (Å²) >= 11 is 0. The number of nitrogens with zero attached hydrogens (tertiary/aromatic N) is 2. The maximum Gasteiger partial charge on any atom is 0.128 e. The van der Waals surface area contributed by atoms with Crippen molar-refractivity contribution in [2.45, 2.75) is 53.0 Å². The van der Waals surface area contributed by atoms with Crippen molar-refractivity contribution >= 4 is 5.82 Å². The minimum atomic E-state index is 0.694. The zero-order valence-corrected chi connectivity index (χ0v) is 13.3. The van der Waals surface area contributed by atoms with Crippen LogP contribution in [0, 0.1) is 12.8 Å². The molecule has 20 heavy (non-hydrogen) atoms. The molecule has 1 saturated heterocycles. The number of aryl methyl sites for hydroxylation is 1. The van der Waals surface area contributed by atoms with Gasteiger partial charge < -0.3 is 10.2 Å². The molecule has 1 aromatic heterocycles. The molecule has 1 aromatic rings. The fourth-order valence-electron chi connectivity index (χ4n) is 2.73. The summed E-state index contributed by atoms with van der Waals surface area (Å²) in [6.07, 6.45) is 5.34. The SMILES string of the molecule is Cc1nc(N2CCCCCC2)ccc1CNCC(C)C. The monoisotopic (exact) mass is 275 g/mol. The second-order valence-electron chi connectivity index (χ2n) is 6.34. The van der Waals surface area contributed by atoms with Crippen LogP contribution in [0.1, 0.15) is 50.8 Å². The van der Waals surface area contributed by atoms with E-state index in [0.29, 0.717) is 5.92 Å². The topological polar surface area (TPSA) is 28.2 Å². The molecule has 0 spiro atoms. The van der Waals surface area contributed by atoms with Gasteiger partial charge in [0.25, 0.3) is 0 Å². The second kappa shape index (κ2) is 7.63. The van der Waals surface area contributed by atoms with Crippen LogP contribution in [0.15, 0.2) is 12.1 Å². The number of hydrogen-bond donors (Lipinski definition) is 1. The zero-order chi connectivity index (χ0) is 14.4. The summed E-state index contributed by atoms with van der Waals surface area (Å²) in [5, 5.41) is 3.50. The molecule has 0 saturated carbocycles. The molecule has 0 unspecified atom stereocenters. The van der Waals surface area contributed by atoms with Crippen LogP contribution in [-0.2, 0) is 6.54 Å². The Bertz CT molecular complexity index is 407. The summed E-state index contributed by atoms with van der Waals surface area (Å²) in [5.41, 5.74) is 2.49. The Morgan fingerprint density at radius 3 is 2.45 bits per heavy atom. The highest BCUT2D eigenvalue weighted by Gasteiger charge is 2.12. The maximum absolute atomic E-state index is 4.82. The minimum absolute atomic E-state index is 0.694. The molecule has 0 aromatic carbocycles. The van der Waals surface area contributed by atoms with Gasteiger partial charge in [-0.05, 0) is 43.9 Å². The summed E-state index contributed by atoms with van der Waals surface area (Å²) < 4.78 is 0. The standard InChI is InChI=1S/C17H29N3/c1-14(2)12-18-13-16-8-9-17(19-15(16)3)20-10-6-4-5-7-11-20/h8-9,14,18H,4-7,10-13H2,1-3H3. The van der Waals surface area contributed by atoms with Crippen molar-refractivity contribution in [3.05, 3.63) is 23.4 Å². The van der Waals surface area contributed by atoms with E-state index >= 15 is 0 Å². The lowest BCUT2D eigenvalue weighted by atomic mass is 10.1. The molecule has 0 amide bonds. The van der Waals surface area contributed by atoms with Gasteiger partial charge >= 0.3 is 0 Å². The minimum Gasteiger partial charge on any atom is -0.357 e. The highest BCUT2D eigenvalue weighted by atomic mass is 15.2. The van der Waals surface area contributed by atoms with E-state index in [1.165, 1.54) is 36.9 Å². The summed E-state index contributed by atoms with van der Waals surface area (Å²) in [5.74, 6) is 1.86. The normalized spacial score (nSPS) is 16.5. The molecule has 0 aliphatic carbocycles. The molecule has 2 heterocycles. The van der Waals surface area contributed by atoms with E-state index in [-0.39, 0.29) is 0 Å². The first-order valence-corrected chi connectivity index (χ1v) is 8.09. The number of nitrogens with one attached hydrogen (secondary N) is 1. The highest BCUT2D eigenvalue weighted by molar-refractivity contribution is 5.41. The quantitative estimate of drug-likeness (QED) is 0.891. The van der Waals surface area contributed by atoms with Crippen molar-refractivity contribution in [3.8, 4) is 0 Å². The van der Waals surface area contributed by atoms with Crippen molar-refractivity contribution in [1.82, 2.24) is 10.3 Å². The number of pyridine rings is 1. The Hall–Kier alpha value is -1.09. The van der Waals surface area contributed by atoms with Crippen LogP contribution in [0.5, 0.6) is 0 Å². The van der Waals surface area contributed by atoms with E-state index in [1.54, 1.807) is 0 Å². The number of anilines is 1. The summed E-state index contributed by atoms with van der Waals surface area (Å²) in [6.45, 7) is 10.9. The van der Waals surface area contributed by atoms with Crippen LogP contribution in [-0.4, -0.2) is 24.6 Å². The molecule has 0 bridgehead atoms. The number of rotatable bonds is 5. The van der Waals surface area contributed by atoms with Gasteiger partial charge in [0.1, 0.15) is 5.82 Å². The van der Waals surface area contributed by atoms with Crippen molar-refractivity contribution in [1.29, 1.82) is 0 Å². The second-order valence-corrected chi connectivity index (χ2v) is 6.34. The third kappa shape index (κ3) is 4.48. The van der Waals surface area contributed by atoms with Gasteiger partial charge in [0.05, 0.1) is 0 Å². The molecular formula is C17H29N3. The van der Waals surface area contributed by atoms with Gasteiger partial charge in [-0.25, -0.2) is 4.98 Å². The molecule has 1 aliphatic heterocycles. The molecule has 1 fully saturated rings. The molecule has 1 N–H and O–H groups in total. The van der Waals surface area contributed by atoms with Gasteiger partial charge in [0.2, 0.25) is 0 Å². The van der Waals surface area contributed by atoms with Gasteiger partial charge in [0.15, 0.2) is 0 Å². The lowest BCUT2D eigenvalue weighted by molar-refractivity contribution is 0.551. The first kappa shape index (κ1) is 15.3. The van der Waals surface area contributed by atoms with Crippen LogP contribution in [0.3, 0.4) is 0 Å². The average Bonchev–Trinajstić information content (AvgIpc) is 2.69. The molecular weight excluding hydrogens is 246 g/mol. The molecule has 112 valence electrons. The van der Waals surface area contributed by atoms with E-state index in [9.17, 15) is 0 Å². The average molecular weight is 275 g/mol. The number of hydrogen-bond acceptors (Lipinski definition) is 3. The molecule has 0 radical (unpaired) electrons. The van der Waals surface area contributed by atoms with Crippen LogP contribution in [0.4, 0.5) is 5.82 Å². The Morgan fingerprint density at radius 1 is 1.15 bits per heavy atom. The first-order chi connectivity index (χ1) is 9.66. The Labute approximate surface area is 123 Å². The zero-order valence-electron chi connectivity index (χ0n) is 13.3. The Balaban J connectivity index is 1.97. The van der Waals surface area contributed by atoms with Crippen LogP contribution in [0.2, 0.25) is 0 Å². The van der Waals surface area contributed by atoms with E-state index in [2.05, 4.69) is 43.1 Å². The largest absolute Gasteiger partial charge is 0.357 e. The Kier molecular flexibility index (Phi) is 5.84. The predicted octanol–water partition coefficient (Wildman–Crippen LogP) is 3.52. The van der Waals surface area contributed by atoms with Crippen LogP contribution in [0.25, 0.3) is 0 Å². The summed E-state index contributed by atoms with van der Waals surface area (Å²) in [4.78, 5) is 7.27. The summed E-state index contributed by atoms with van der Waals surface area (Å²) in [7, 11) is 0. The van der Waals surface area contributed by atoms with Crippen LogP contribution < -0.4 is 10.2 Å². The molecule has 0 atom stereocenters. The van der Waals surface area contributed by atoms with E-state index < -0.39 is 0 Å². The Morgan fingerprint density at radius 2 is 1.85 bits per heavy atom. The highest BCUT2D eigenvalue weighted by Crippen LogP contribution is 2.19. The first-order valence-electron chi connectivity index (χ1n) is 8.09. The van der Waals surface area contributed by atoms with Crippen molar-refractivity contribution < 1.29 is 0 Å². The lowest BCUT2D eigenvalue weighted by Crippen LogP contribution is -2.25. The third-order valence-corrected chi connectivity index (χ3v) is 3.98. The molecule has 1 aliphatic rings. The van der Waals surface area contributed by atoms with Crippen LogP contribution >= 0.6 is 0 Å². The van der Waals surface area contributed by atoms with Gasteiger partial charge in [0, 0.05) is 25.3 Å². The molecule has 3 heteroatoms. The van der Waals surface area contributed by atoms with Gasteiger partial charge in [-0.3, -0.25) is 0 Å². The van der Waals surface area contributed by atoms with Crippen molar-refractivity contribution in [2.24, 2.45) is 5.92 Å². The van der Waals surface area contributed by atoms with Gasteiger partial charge in [-0.2, -0.15) is 0 Å². The van der Waals surface area contributed by atoms with Crippen molar-refractivity contribution in [3.63, 3.8) is 0 Å². The van der Waals surface area contributed by atoms with E-state index in [0.717, 1.165) is 32.0 Å². The third-order valence-electron chi connectivity index (χ3n) is 3.98.